The van der Waals surface area contributed by atoms with Crippen LogP contribution in [0.3, 0.4) is 0 Å². The maximum atomic E-state index is 5.54. The van der Waals surface area contributed by atoms with Crippen molar-refractivity contribution in [2.75, 3.05) is 33.8 Å². The number of ether oxygens (including phenoxy) is 1. The summed E-state index contributed by atoms with van der Waals surface area (Å²) in [6.45, 7) is 7.90. The third kappa shape index (κ3) is 4.75. The number of aryl methyl sites for hydroxylation is 1. The molecule has 0 spiro atoms. The Bertz CT molecular complexity index is 339. The number of benzene rings is 1. The summed E-state index contributed by atoms with van der Waals surface area (Å²) < 4.78 is 5.54. The molecule has 1 N–H and O–H groups in total. The summed E-state index contributed by atoms with van der Waals surface area (Å²) in [6, 6.07) is 6.43. The van der Waals surface area contributed by atoms with Crippen LogP contribution >= 0.6 is 0 Å². The van der Waals surface area contributed by atoms with Gasteiger partial charge in [-0.3, -0.25) is 0 Å². The van der Waals surface area contributed by atoms with Crippen LogP contribution in [0.15, 0.2) is 18.2 Å². The Hall–Kier alpha value is -1.06. The third-order valence-corrected chi connectivity index (χ3v) is 2.74. The van der Waals surface area contributed by atoms with Crippen LogP contribution < -0.4 is 10.1 Å². The second-order valence-electron chi connectivity index (χ2n) is 4.37. The minimum Gasteiger partial charge on any atom is -0.494 e. The molecule has 0 bridgehead atoms. The number of hydrogen-bond donors (Lipinski definition) is 1. The van der Waals surface area contributed by atoms with E-state index in [4.69, 9.17) is 4.74 Å². The van der Waals surface area contributed by atoms with E-state index in [1.807, 2.05) is 14.0 Å². The lowest BCUT2D eigenvalue weighted by Crippen LogP contribution is -2.26. The smallest absolute Gasteiger partial charge is 0.122 e. The quantitative estimate of drug-likeness (QED) is 0.784. The summed E-state index contributed by atoms with van der Waals surface area (Å²) in [5, 5.41) is 3.16. The largest absolute Gasteiger partial charge is 0.494 e. The predicted octanol–water partition coefficient (Wildman–Crippen LogP) is 2.04. The van der Waals surface area contributed by atoms with Gasteiger partial charge in [-0.15, -0.1) is 0 Å². The Balaban J connectivity index is 2.57. The average Bonchev–Trinajstić information content (AvgIpc) is 2.30. The molecule has 0 saturated carbocycles. The molecule has 1 rings (SSSR count). The molecule has 0 aliphatic heterocycles. The number of nitrogens with one attached hydrogen (secondary N) is 1. The number of likely N-dealkylation sites (N-methyl/N-ethyl adjacent to an activating group) is 2. The summed E-state index contributed by atoms with van der Waals surface area (Å²) in [5.74, 6) is 0.995. The van der Waals surface area contributed by atoms with E-state index in [-0.39, 0.29) is 0 Å². The Morgan fingerprint density at radius 2 is 2.12 bits per heavy atom. The zero-order valence-corrected chi connectivity index (χ0v) is 11.4. The zero-order valence-electron chi connectivity index (χ0n) is 11.4. The van der Waals surface area contributed by atoms with E-state index in [1.165, 1.54) is 11.1 Å². The monoisotopic (exact) mass is 236 g/mol. The summed E-state index contributed by atoms with van der Waals surface area (Å²) in [4.78, 5) is 2.31. The lowest BCUT2D eigenvalue weighted by atomic mass is 10.1. The predicted molar refractivity (Wildman–Crippen MR) is 72.6 cm³/mol. The highest BCUT2D eigenvalue weighted by molar-refractivity contribution is 5.36. The fourth-order valence-corrected chi connectivity index (χ4v) is 1.82. The van der Waals surface area contributed by atoms with Crippen molar-refractivity contribution < 1.29 is 4.74 Å². The van der Waals surface area contributed by atoms with Gasteiger partial charge in [-0.1, -0.05) is 12.1 Å². The molecule has 0 saturated heterocycles. The van der Waals surface area contributed by atoms with Crippen LogP contribution in [-0.4, -0.2) is 38.7 Å². The SMILES string of the molecule is CCOc1ccc(CN(C)CCNC)cc1C. The van der Waals surface area contributed by atoms with Crippen LogP contribution in [-0.2, 0) is 6.54 Å². The van der Waals surface area contributed by atoms with E-state index in [1.54, 1.807) is 0 Å². The first kappa shape index (κ1) is 14.0. The normalized spacial score (nSPS) is 10.9. The van der Waals surface area contributed by atoms with Crippen LogP contribution in [0.25, 0.3) is 0 Å². The van der Waals surface area contributed by atoms with E-state index in [9.17, 15) is 0 Å². The van der Waals surface area contributed by atoms with E-state index in [0.29, 0.717) is 0 Å². The van der Waals surface area contributed by atoms with E-state index in [2.05, 4.69) is 42.4 Å². The molecule has 3 heteroatoms. The van der Waals surface area contributed by atoms with Gasteiger partial charge in [0.15, 0.2) is 0 Å². The zero-order chi connectivity index (χ0) is 12.7. The van der Waals surface area contributed by atoms with Gasteiger partial charge in [-0.25, -0.2) is 0 Å². The van der Waals surface area contributed by atoms with Gasteiger partial charge in [0.05, 0.1) is 6.61 Å². The Morgan fingerprint density at radius 3 is 2.71 bits per heavy atom. The van der Waals surface area contributed by atoms with Crippen LogP contribution in [0.4, 0.5) is 0 Å². The van der Waals surface area contributed by atoms with Crippen molar-refractivity contribution in [1.29, 1.82) is 0 Å². The minimum atomic E-state index is 0.724. The average molecular weight is 236 g/mol. The molecule has 0 aliphatic rings. The summed E-state index contributed by atoms with van der Waals surface area (Å²) in [5.41, 5.74) is 2.55. The molecule has 96 valence electrons. The van der Waals surface area contributed by atoms with Gasteiger partial charge in [0.1, 0.15) is 5.75 Å². The minimum absolute atomic E-state index is 0.724. The first-order chi connectivity index (χ1) is 8.17. The lowest BCUT2D eigenvalue weighted by molar-refractivity contribution is 0.325. The fraction of sp³-hybridized carbons (Fsp3) is 0.571. The van der Waals surface area contributed by atoms with Crippen LogP contribution in [0.1, 0.15) is 18.1 Å². The van der Waals surface area contributed by atoms with Crippen molar-refractivity contribution in [2.24, 2.45) is 0 Å². The van der Waals surface area contributed by atoms with Gasteiger partial charge in [-0.2, -0.15) is 0 Å². The van der Waals surface area contributed by atoms with Gasteiger partial charge < -0.3 is 15.0 Å². The maximum Gasteiger partial charge on any atom is 0.122 e. The van der Waals surface area contributed by atoms with Crippen LogP contribution in [0, 0.1) is 6.92 Å². The highest BCUT2D eigenvalue weighted by atomic mass is 16.5. The van der Waals surface area contributed by atoms with Gasteiger partial charge >= 0.3 is 0 Å². The maximum absolute atomic E-state index is 5.54. The second-order valence-corrected chi connectivity index (χ2v) is 4.37. The summed E-state index contributed by atoms with van der Waals surface area (Å²) in [6.07, 6.45) is 0. The second kappa shape index (κ2) is 7.30. The van der Waals surface area contributed by atoms with Crippen LogP contribution in [0.2, 0.25) is 0 Å². The molecule has 1 aromatic carbocycles. The Morgan fingerprint density at radius 1 is 1.35 bits per heavy atom. The molecule has 0 unspecified atom stereocenters. The molecule has 17 heavy (non-hydrogen) atoms. The molecular formula is C14H24N2O. The van der Waals surface area contributed by atoms with E-state index in [0.717, 1.165) is 32.0 Å². The van der Waals surface area contributed by atoms with Crippen molar-refractivity contribution in [3.8, 4) is 5.75 Å². The van der Waals surface area contributed by atoms with Gasteiger partial charge in [0.2, 0.25) is 0 Å². The summed E-state index contributed by atoms with van der Waals surface area (Å²) in [7, 11) is 4.12. The number of hydrogen-bond acceptors (Lipinski definition) is 3. The molecule has 0 fully saturated rings. The van der Waals surface area contributed by atoms with Gasteiger partial charge in [0, 0.05) is 19.6 Å². The molecule has 0 atom stereocenters. The van der Waals surface area contributed by atoms with E-state index < -0.39 is 0 Å². The summed E-state index contributed by atoms with van der Waals surface area (Å²) >= 11 is 0. The number of nitrogens with zero attached hydrogens (tertiary/aromatic N) is 1. The fourth-order valence-electron chi connectivity index (χ4n) is 1.82. The van der Waals surface area contributed by atoms with Crippen molar-refractivity contribution in [3.05, 3.63) is 29.3 Å². The van der Waals surface area contributed by atoms with Crippen molar-refractivity contribution in [3.63, 3.8) is 0 Å². The Labute approximate surface area is 105 Å². The van der Waals surface area contributed by atoms with Crippen molar-refractivity contribution >= 4 is 0 Å². The highest BCUT2D eigenvalue weighted by Gasteiger charge is 2.03. The van der Waals surface area contributed by atoms with Crippen molar-refractivity contribution in [2.45, 2.75) is 20.4 Å². The first-order valence-electron chi connectivity index (χ1n) is 6.22. The molecule has 1 aromatic rings. The van der Waals surface area contributed by atoms with E-state index >= 15 is 0 Å². The highest BCUT2D eigenvalue weighted by Crippen LogP contribution is 2.19. The van der Waals surface area contributed by atoms with Gasteiger partial charge in [-0.05, 0) is 45.1 Å². The Kier molecular flexibility index (Phi) is 6.01. The van der Waals surface area contributed by atoms with Gasteiger partial charge in [0.25, 0.3) is 0 Å². The molecule has 0 heterocycles. The molecular weight excluding hydrogens is 212 g/mol. The topological polar surface area (TPSA) is 24.5 Å². The lowest BCUT2D eigenvalue weighted by Gasteiger charge is -2.17. The molecule has 3 nitrogen and oxygen atoms in total. The first-order valence-corrected chi connectivity index (χ1v) is 6.22. The van der Waals surface area contributed by atoms with Crippen LogP contribution in [0.5, 0.6) is 5.75 Å². The standard InChI is InChI=1S/C14H24N2O/c1-5-17-14-7-6-13(10-12(14)2)11-16(4)9-8-15-3/h6-7,10,15H,5,8-9,11H2,1-4H3. The molecule has 0 amide bonds. The third-order valence-electron chi connectivity index (χ3n) is 2.74. The van der Waals surface area contributed by atoms with Crippen molar-refractivity contribution in [1.82, 2.24) is 10.2 Å². The number of rotatable bonds is 7. The molecule has 0 aromatic heterocycles. The molecule has 0 aliphatic carbocycles. The molecule has 0 radical (unpaired) electrons.